The third-order valence-corrected chi connectivity index (χ3v) is 10.2. The largest absolute Gasteiger partial charge is 0.381 e. The van der Waals surface area contributed by atoms with E-state index in [9.17, 15) is 9.59 Å². The van der Waals surface area contributed by atoms with E-state index in [1.807, 2.05) is 13.0 Å². The number of anilines is 1. The standard InChI is InChI=1S/C35H48N4O4/c1-5-39(29-10-12-42-13-11-29)32-16-28(27-8-6-26(7-9-27)18-38-19-35(20-38)21-43-22-35)15-30(25(32)4)33(40)36-17-31-23(2)14-24(3)37-34(31)41/h6-9,15-16,23-24,29,31H,5,10-14,17-22H2,1-4H3,(H,36,40)(H,37,41). The van der Waals surface area contributed by atoms with E-state index in [0.29, 0.717) is 23.6 Å². The Kier molecular flexibility index (Phi) is 8.81. The second-order valence-electron chi connectivity index (χ2n) is 13.6. The van der Waals surface area contributed by atoms with Gasteiger partial charge < -0.3 is 25.0 Å². The fourth-order valence-electron chi connectivity index (χ4n) is 7.65. The number of piperidine rings is 1. The minimum Gasteiger partial charge on any atom is -0.381 e. The Hall–Kier alpha value is -2.94. The second kappa shape index (κ2) is 12.6. The number of carbonyl (C=O) groups excluding carboxylic acids is 2. The third kappa shape index (κ3) is 6.33. The highest BCUT2D eigenvalue weighted by Gasteiger charge is 2.48. The summed E-state index contributed by atoms with van der Waals surface area (Å²) in [6.45, 7) is 16.1. The lowest BCUT2D eigenvalue weighted by Gasteiger charge is -2.55. The lowest BCUT2D eigenvalue weighted by molar-refractivity contribution is -0.191. The maximum atomic E-state index is 13.8. The molecule has 4 heterocycles. The van der Waals surface area contributed by atoms with Crippen LogP contribution in [-0.4, -0.2) is 81.4 Å². The number of hydrogen-bond acceptors (Lipinski definition) is 6. The summed E-state index contributed by atoms with van der Waals surface area (Å²) in [5, 5.41) is 6.19. The van der Waals surface area contributed by atoms with Gasteiger partial charge in [0, 0.05) is 74.7 Å². The molecule has 0 saturated carbocycles. The Morgan fingerprint density at radius 1 is 1.07 bits per heavy atom. The predicted octanol–water partition coefficient (Wildman–Crippen LogP) is 4.39. The van der Waals surface area contributed by atoms with Gasteiger partial charge >= 0.3 is 0 Å². The van der Waals surface area contributed by atoms with Crippen molar-refractivity contribution in [2.75, 3.05) is 57.5 Å². The van der Waals surface area contributed by atoms with Crippen LogP contribution in [0.5, 0.6) is 0 Å². The molecule has 0 radical (unpaired) electrons. The minimum absolute atomic E-state index is 0.0314. The van der Waals surface area contributed by atoms with Crippen molar-refractivity contribution in [3.05, 3.63) is 53.1 Å². The Labute approximate surface area is 256 Å². The van der Waals surface area contributed by atoms with Gasteiger partial charge in [0.15, 0.2) is 0 Å². The summed E-state index contributed by atoms with van der Waals surface area (Å²) in [6.07, 6.45) is 2.88. The van der Waals surface area contributed by atoms with Crippen LogP contribution in [0.4, 0.5) is 5.69 Å². The quantitative estimate of drug-likeness (QED) is 0.452. The second-order valence-corrected chi connectivity index (χ2v) is 13.6. The van der Waals surface area contributed by atoms with E-state index < -0.39 is 0 Å². The van der Waals surface area contributed by atoms with E-state index in [1.165, 1.54) is 5.56 Å². The molecule has 8 nitrogen and oxygen atoms in total. The molecular formula is C35H48N4O4. The van der Waals surface area contributed by atoms with Crippen molar-refractivity contribution in [2.24, 2.45) is 17.3 Å². The molecule has 3 atom stereocenters. The fraction of sp³-hybridized carbons (Fsp3) is 0.600. The molecule has 2 amide bonds. The number of amides is 2. The van der Waals surface area contributed by atoms with Crippen molar-refractivity contribution in [2.45, 2.75) is 65.6 Å². The van der Waals surface area contributed by atoms with E-state index in [2.05, 4.69) is 71.5 Å². The average molecular weight is 589 g/mol. The summed E-state index contributed by atoms with van der Waals surface area (Å²) in [7, 11) is 0. The van der Waals surface area contributed by atoms with Crippen molar-refractivity contribution in [1.29, 1.82) is 0 Å². The molecule has 4 aliphatic heterocycles. The van der Waals surface area contributed by atoms with Gasteiger partial charge in [-0.3, -0.25) is 14.5 Å². The highest BCUT2D eigenvalue weighted by molar-refractivity contribution is 5.99. The first-order chi connectivity index (χ1) is 20.7. The van der Waals surface area contributed by atoms with Crippen LogP contribution in [0.2, 0.25) is 0 Å². The lowest BCUT2D eigenvalue weighted by atomic mass is 9.78. The summed E-state index contributed by atoms with van der Waals surface area (Å²) in [6, 6.07) is 13.7. The van der Waals surface area contributed by atoms with Crippen molar-refractivity contribution in [3.63, 3.8) is 0 Å². The lowest BCUT2D eigenvalue weighted by Crippen LogP contribution is -2.65. The summed E-state index contributed by atoms with van der Waals surface area (Å²) < 4.78 is 11.1. The van der Waals surface area contributed by atoms with Gasteiger partial charge in [-0.1, -0.05) is 31.2 Å². The molecule has 43 heavy (non-hydrogen) atoms. The van der Waals surface area contributed by atoms with Crippen LogP contribution < -0.4 is 15.5 Å². The molecule has 0 aliphatic carbocycles. The van der Waals surface area contributed by atoms with Crippen LogP contribution in [0.3, 0.4) is 0 Å². The molecule has 0 bridgehead atoms. The van der Waals surface area contributed by atoms with Gasteiger partial charge in [-0.15, -0.1) is 0 Å². The molecule has 4 saturated heterocycles. The van der Waals surface area contributed by atoms with E-state index in [0.717, 1.165) is 94.2 Å². The van der Waals surface area contributed by atoms with Crippen LogP contribution >= 0.6 is 0 Å². The van der Waals surface area contributed by atoms with Crippen LogP contribution in [0.25, 0.3) is 11.1 Å². The highest BCUT2D eigenvalue weighted by Crippen LogP contribution is 2.39. The fourth-order valence-corrected chi connectivity index (χ4v) is 7.65. The zero-order valence-corrected chi connectivity index (χ0v) is 26.3. The molecular weight excluding hydrogens is 540 g/mol. The van der Waals surface area contributed by atoms with Gasteiger partial charge in [0.25, 0.3) is 5.91 Å². The number of rotatable bonds is 9. The van der Waals surface area contributed by atoms with Crippen molar-refractivity contribution in [1.82, 2.24) is 15.5 Å². The Balaban J connectivity index is 1.25. The van der Waals surface area contributed by atoms with Gasteiger partial charge in [0.05, 0.1) is 19.1 Å². The molecule has 6 rings (SSSR count). The minimum atomic E-state index is -0.219. The van der Waals surface area contributed by atoms with Crippen molar-refractivity contribution >= 4 is 17.5 Å². The van der Waals surface area contributed by atoms with Gasteiger partial charge in [-0.25, -0.2) is 0 Å². The SMILES string of the molecule is CCN(c1cc(-c2ccc(CN3CC4(COC4)C3)cc2)cc(C(=O)NCC2C(=O)NC(C)CC2C)c1C)C1CCOCC1. The van der Waals surface area contributed by atoms with Gasteiger partial charge in [-0.05, 0) is 80.3 Å². The van der Waals surface area contributed by atoms with E-state index >= 15 is 0 Å². The third-order valence-electron chi connectivity index (χ3n) is 10.2. The molecule has 2 aromatic rings. The van der Waals surface area contributed by atoms with Gasteiger partial charge in [0.1, 0.15) is 0 Å². The van der Waals surface area contributed by atoms with Crippen molar-refractivity contribution in [3.8, 4) is 11.1 Å². The van der Waals surface area contributed by atoms with Crippen molar-refractivity contribution < 1.29 is 19.1 Å². The number of nitrogens with one attached hydrogen (secondary N) is 2. The molecule has 1 spiro atoms. The molecule has 0 aromatic heterocycles. The Morgan fingerprint density at radius 3 is 2.42 bits per heavy atom. The predicted molar refractivity (Wildman–Crippen MR) is 169 cm³/mol. The zero-order valence-electron chi connectivity index (χ0n) is 26.3. The average Bonchev–Trinajstić information content (AvgIpc) is 2.95. The van der Waals surface area contributed by atoms with Gasteiger partial charge in [-0.2, -0.15) is 0 Å². The molecule has 2 aromatic carbocycles. The Bertz CT molecular complexity index is 1310. The van der Waals surface area contributed by atoms with E-state index in [1.54, 1.807) is 0 Å². The molecule has 4 aliphatic rings. The number of hydrogen-bond donors (Lipinski definition) is 2. The first kappa shape index (κ1) is 30.1. The summed E-state index contributed by atoms with van der Waals surface area (Å²) in [5.41, 5.74) is 6.62. The molecule has 3 unspecified atom stereocenters. The zero-order chi connectivity index (χ0) is 30.1. The number of ether oxygens (including phenoxy) is 2. The number of likely N-dealkylation sites (tertiary alicyclic amines) is 1. The maximum absolute atomic E-state index is 13.8. The summed E-state index contributed by atoms with van der Waals surface area (Å²) in [4.78, 5) is 31.5. The molecule has 2 N–H and O–H groups in total. The van der Waals surface area contributed by atoms with E-state index in [4.69, 9.17) is 9.47 Å². The number of nitrogens with zero attached hydrogens (tertiary/aromatic N) is 2. The normalized spacial score (nSPS) is 25.5. The monoisotopic (exact) mass is 588 g/mol. The topological polar surface area (TPSA) is 83.1 Å². The highest BCUT2D eigenvalue weighted by atomic mass is 16.5. The van der Waals surface area contributed by atoms with Crippen LogP contribution in [0.15, 0.2) is 36.4 Å². The molecule has 232 valence electrons. The number of carbonyl (C=O) groups is 2. The summed E-state index contributed by atoms with van der Waals surface area (Å²) in [5.74, 6) is -0.0869. The van der Waals surface area contributed by atoms with Gasteiger partial charge in [0.2, 0.25) is 5.91 Å². The number of benzene rings is 2. The maximum Gasteiger partial charge on any atom is 0.251 e. The Morgan fingerprint density at radius 2 is 1.79 bits per heavy atom. The molecule has 4 fully saturated rings. The van der Waals surface area contributed by atoms with Crippen LogP contribution in [-0.2, 0) is 20.8 Å². The molecule has 8 heteroatoms. The smallest absolute Gasteiger partial charge is 0.251 e. The first-order valence-corrected chi connectivity index (χ1v) is 16.2. The van der Waals surface area contributed by atoms with Crippen LogP contribution in [0.1, 0.15) is 61.5 Å². The summed E-state index contributed by atoms with van der Waals surface area (Å²) >= 11 is 0. The van der Waals surface area contributed by atoms with Crippen LogP contribution in [0, 0.1) is 24.2 Å². The first-order valence-electron chi connectivity index (χ1n) is 16.2. The van der Waals surface area contributed by atoms with E-state index in [-0.39, 0.29) is 29.7 Å².